The highest BCUT2D eigenvalue weighted by Crippen LogP contribution is 2.28. The van der Waals surface area contributed by atoms with Crippen molar-refractivity contribution in [1.82, 2.24) is 5.32 Å². The first kappa shape index (κ1) is 14.1. The monoisotopic (exact) mass is 273 g/mol. The van der Waals surface area contributed by atoms with Crippen molar-refractivity contribution < 1.29 is 4.74 Å². The summed E-state index contributed by atoms with van der Waals surface area (Å²) in [6.07, 6.45) is 8.20. The summed E-state index contributed by atoms with van der Waals surface area (Å²) in [5.74, 6) is 0.802. The first-order valence-corrected chi connectivity index (χ1v) is 8.27. The summed E-state index contributed by atoms with van der Waals surface area (Å²) in [7, 11) is 0. The summed E-state index contributed by atoms with van der Waals surface area (Å²) in [6, 6.07) is 9.43. The maximum atomic E-state index is 6.00. The largest absolute Gasteiger partial charge is 0.372 e. The van der Waals surface area contributed by atoms with Gasteiger partial charge in [0.25, 0.3) is 0 Å². The molecule has 1 fully saturated rings. The van der Waals surface area contributed by atoms with E-state index in [0.717, 1.165) is 25.5 Å². The van der Waals surface area contributed by atoms with Gasteiger partial charge in [-0.1, -0.05) is 50.5 Å². The summed E-state index contributed by atoms with van der Waals surface area (Å²) in [6.45, 7) is 4.23. The van der Waals surface area contributed by atoms with Crippen LogP contribution in [0.3, 0.4) is 0 Å². The number of benzene rings is 1. The van der Waals surface area contributed by atoms with Gasteiger partial charge in [0.2, 0.25) is 0 Å². The number of hydrogen-bond donors (Lipinski definition) is 1. The van der Waals surface area contributed by atoms with E-state index in [0.29, 0.717) is 6.04 Å². The van der Waals surface area contributed by atoms with Gasteiger partial charge >= 0.3 is 0 Å². The van der Waals surface area contributed by atoms with Crippen LogP contribution in [0.2, 0.25) is 0 Å². The van der Waals surface area contributed by atoms with Crippen molar-refractivity contribution in [2.24, 2.45) is 5.92 Å². The molecule has 2 aliphatic rings. The minimum absolute atomic E-state index is 0.246. The molecule has 3 rings (SSSR count). The Morgan fingerprint density at radius 3 is 2.95 bits per heavy atom. The van der Waals surface area contributed by atoms with Crippen molar-refractivity contribution in [2.45, 2.75) is 57.6 Å². The summed E-state index contributed by atoms with van der Waals surface area (Å²) < 4.78 is 6.00. The fraction of sp³-hybridized carbons (Fsp3) is 0.667. The van der Waals surface area contributed by atoms with E-state index in [1.807, 2.05) is 0 Å². The molecule has 1 heterocycles. The van der Waals surface area contributed by atoms with Gasteiger partial charge < -0.3 is 10.1 Å². The summed E-state index contributed by atoms with van der Waals surface area (Å²) in [5.41, 5.74) is 2.87. The van der Waals surface area contributed by atoms with Crippen molar-refractivity contribution >= 4 is 0 Å². The molecule has 2 nitrogen and oxygen atoms in total. The molecule has 3 unspecified atom stereocenters. The van der Waals surface area contributed by atoms with E-state index in [9.17, 15) is 0 Å². The van der Waals surface area contributed by atoms with Crippen LogP contribution < -0.4 is 5.32 Å². The Labute approximate surface area is 122 Å². The Morgan fingerprint density at radius 2 is 2.00 bits per heavy atom. The topological polar surface area (TPSA) is 21.3 Å². The quantitative estimate of drug-likeness (QED) is 0.844. The first-order valence-electron chi connectivity index (χ1n) is 8.27. The van der Waals surface area contributed by atoms with Crippen LogP contribution >= 0.6 is 0 Å². The summed E-state index contributed by atoms with van der Waals surface area (Å²) >= 11 is 0. The Bertz CT molecular complexity index is 431. The third kappa shape index (κ3) is 3.24. The van der Waals surface area contributed by atoms with Crippen molar-refractivity contribution in [3.05, 3.63) is 35.4 Å². The highest BCUT2D eigenvalue weighted by molar-refractivity contribution is 5.31. The van der Waals surface area contributed by atoms with Crippen molar-refractivity contribution in [1.29, 1.82) is 0 Å². The van der Waals surface area contributed by atoms with Gasteiger partial charge in [0.1, 0.15) is 0 Å². The Morgan fingerprint density at radius 1 is 1.15 bits per heavy atom. The zero-order valence-corrected chi connectivity index (χ0v) is 12.6. The number of rotatable bonds is 3. The molecular formula is C18H27NO. The summed E-state index contributed by atoms with van der Waals surface area (Å²) in [5, 5.41) is 3.80. The fourth-order valence-corrected chi connectivity index (χ4v) is 3.70. The number of ether oxygens (including phenoxy) is 1. The molecule has 1 saturated carbocycles. The molecule has 0 bridgehead atoms. The predicted molar refractivity (Wildman–Crippen MR) is 82.9 cm³/mol. The van der Waals surface area contributed by atoms with Gasteiger partial charge in [-0.05, 0) is 36.3 Å². The molecule has 1 aliphatic carbocycles. The number of nitrogens with one attached hydrogen (secondary N) is 1. The molecule has 1 N–H and O–H groups in total. The van der Waals surface area contributed by atoms with Crippen LogP contribution in [-0.4, -0.2) is 19.2 Å². The lowest BCUT2D eigenvalue weighted by Gasteiger charge is -2.30. The molecule has 0 amide bonds. The van der Waals surface area contributed by atoms with E-state index in [-0.39, 0.29) is 6.10 Å². The highest BCUT2D eigenvalue weighted by atomic mass is 16.5. The third-order valence-corrected chi connectivity index (χ3v) is 5.02. The highest BCUT2D eigenvalue weighted by Gasteiger charge is 2.24. The second-order valence-electron chi connectivity index (χ2n) is 6.44. The minimum atomic E-state index is 0.246. The van der Waals surface area contributed by atoms with Gasteiger partial charge in [-0.25, -0.2) is 0 Å². The average Bonchev–Trinajstić information content (AvgIpc) is 2.69. The van der Waals surface area contributed by atoms with Crippen molar-refractivity contribution in [3.63, 3.8) is 0 Å². The maximum Gasteiger partial charge on any atom is 0.0952 e. The second-order valence-corrected chi connectivity index (χ2v) is 6.44. The number of fused-ring (bicyclic) bond motifs is 1. The molecule has 1 aromatic rings. The molecule has 1 aliphatic heterocycles. The molecule has 0 saturated heterocycles. The van der Waals surface area contributed by atoms with Crippen LogP contribution in [0, 0.1) is 5.92 Å². The van der Waals surface area contributed by atoms with Gasteiger partial charge in [0, 0.05) is 12.6 Å². The molecule has 0 spiro atoms. The van der Waals surface area contributed by atoms with E-state index in [2.05, 4.69) is 36.5 Å². The average molecular weight is 273 g/mol. The normalized spacial score (nSPS) is 30.6. The maximum absolute atomic E-state index is 6.00. The van der Waals surface area contributed by atoms with Gasteiger partial charge in [-0.3, -0.25) is 0 Å². The van der Waals surface area contributed by atoms with E-state index in [1.54, 1.807) is 0 Å². The van der Waals surface area contributed by atoms with Gasteiger partial charge in [0.15, 0.2) is 0 Å². The zero-order valence-electron chi connectivity index (χ0n) is 12.6. The molecular weight excluding hydrogens is 246 g/mol. The molecule has 0 radical (unpaired) electrons. The minimum Gasteiger partial charge on any atom is -0.372 e. The molecule has 20 heavy (non-hydrogen) atoms. The van der Waals surface area contributed by atoms with E-state index in [4.69, 9.17) is 4.74 Å². The van der Waals surface area contributed by atoms with E-state index >= 15 is 0 Å². The van der Waals surface area contributed by atoms with Crippen molar-refractivity contribution in [3.8, 4) is 0 Å². The standard InChI is InChI=1S/C18H27NO/c1-14-7-3-2-4-10-17(14)19-13-18-16-9-6-5-8-15(16)11-12-20-18/h5-6,8-9,14,17-19H,2-4,7,10-13H2,1H3. The van der Waals surface area contributed by atoms with Gasteiger partial charge in [-0.2, -0.15) is 0 Å². The van der Waals surface area contributed by atoms with Gasteiger partial charge in [0.05, 0.1) is 12.7 Å². The Hall–Kier alpha value is -0.860. The van der Waals surface area contributed by atoms with Crippen LogP contribution in [0.4, 0.5) is 0 Å². The van der Waals surface area contributed by atoms with Crippen LogP contribution in [0.1, 0.15) is 56.3 Å². The summed E-state index contributed by atoms with van der Waals surface area (Å²) in [4.78, 5) is 0. The zero-order chi connectivity index (χ0) is 13.8. The van der Waals surface area contributed by atoms with Crippen LogP contribution in [0.15, 0.2) is 24.3 Å². The molecule has 3 atom stereocenters. The lowest BCUT2D eigenvalue weighted by molar-refractivity contribution is 0.0391. The van der Waals surface area contributed by atoms with E-state index < -0.39 is 0 Å². The van der Waals surface area contributed by atoms with Crippen LogP contribution in [0.5, 0.6) is 0 Å². The van der Waals surface area contributed by atoms with Crippen LogP contribution in [0.25, 0.3) is 0 Å². The van der Waals surface area contributed by atoms with Crippen LogP contribution in [-0.2, 0) is 11.2 Å². The molecule has 0 aromatic heterocycles. The first-order chi connectivity index (χ1) is 9.84. The van der Waals surface area contributed by atoms with Gasteiger partial charge in [-0.15, -0.1) is 0 Å². The Kier molecular flexibility index (Phi) is 4.74. The SMILES string of the molecule is CC1CCCCCC1NCC1OCCc2ccccc21. The lowest BCUT2D eigenvalue weighted by Crippen LogP contribution is -2.38. The third-order valence-electron chi connectivity index (χ3n) is 5.02. The second kappa shape index (κ2) is 6.73. The van der Waals surface area contributed by atoms with Crippen molar-refractivity contribution in [2.75, 3.05) is 13.2 Å². The molecule has 110 valence electrons. The molecule has 1 aromatic carbocycles. The smallest absolute Gasteiger partial charge is 0.0952 e. The Balaban J connectivity index is 1.61. The lowest BCUT2D eigenvalue weighted by atomic mass is 9.95. The predicted octanol–water partition coefficient (Wildman–Crippen LogP) is 3.86. The number of hydrogen-bond acceptors (Lipinski definition) is 2. The fourth-order valence-electron chi connectivity index (χ4n) is 3.70. The van der Waals surface area contributed by atoms with E-state index in [1.165, 1.54) is 43.2 Å². The molecule has 2 heteroatoms.